The average molecular weight is 420 g/mol. The molecule has 2 aromatic carbocycles. The lowest BCUT2D eigenvalue weighted by molar-refractivity contribution is 0.415. The normalized spacial score (nSPS) is 14.8. The van der Waals surface area contributed by atoms with E-state index in [9.17, 15) is 8.42 Å². The van der Waals surface area contributed by atoms with Crippen LogP contribution in [0.25, 0.3) is 27.4 Å². The lowest BCUT2D eigenvalue weighted by Gasteiger charge is -2.13. The molecule has 152 valence electrons. The molecule has 2 aromatic heterocycles. The number of fused-ring (bicyclic) bond motifs is 2. The molecule has 4 aromatic rings. The van der Waals surface area contributed by atoms with E-state index in [1.807, 2.05) is 18.2 Å². The number of benzene rings is 2. The third kappa shape index (κ3) is 3.07. The number of aromatic nitrogens is 2. The Balaban J connectivity index is 1.73. The highest BCUT2D eigenvalue weighted by molar-refractivity contribution is 7.90. The van der Waals surface area contributed by atoms with Crippen molar-refractivity contribution in [3.8, 4) is 5.75 Å². The van der Waals surface area contributed by atoms with Crippen molar-refractivity contribution in [3.05, 3.63) is 72.6 Å². The van der Waals surface area contributed by atoms with E-state index < -0.39 is 10.0 Å². The highest BCUT2D eigenvalue weighted by atomic mass is 32.2. The van der Waals surface area contributed by atoms with E-state index in [0.29, 0.717) is 16.8 Å². The predicted molar refractivity (Wildman–Crippen MR) is 118 cm³/mol. The Hall–Kier alpha value is -3.16. The Morgan fingerprint density at radius 1 is 1.13 bits per heavy atom. The van der Waals surface area contributed by atoms with Gasteiger partial charge in [0, 0.05) is 35.3 Å². The van der Waals surface area contributed by atoms with Crippen LogP contribution in [0.2, 0.25) is 0 Å². The zero-order valence-electron chi connectivity index (χ0n) is 16.5. The fraction of sp³-hybridized carbons (Fsp3) is 0.174. The molecule has 0 unspecified atom stereocenters. The van der Waals surface area contributed by atoms with Crippen molar-refractivity contribution in [1.29, 1.82) is 0 Å². The maximum atomic E-state index is 13.6. The van der Waals surface area contributed by atoms with Gasteiger partial charge in [0.2, 0.25) is 0 Å². The predicted octanol–water partition coefficient (Wildman–Crippen LogP) is 3.81. The molecule has 30 heavy (non-hydrogen) atoms. The first-order valence-electron chi connectivity index (χ1n) is 9.77. The second-order valence-corrected chi connectivity index (χ2v) is 9.08. The van der Waals surface area contributed by atoms with Crippen LogP contribution in [-0.2, 0) is 10.0 Å². The van der Waals surface area contributed by atoms with E-state index in [0.717, 1.165) is 41.4 Å². The number of ether oxygens (including phenoxy) is 1. The molecule has 0 aliphatic carbocycles. The number of hydrogen-bond donors (Lipinski definition) is 1. The largest absolute Gasteiger partial charge is 0.497 e. The highest BCUT2D eigenvalue weighted by Crippen LogP contribution is 2.34. The van der Waals surface area contributed by atoms with Gasteiger partial charge in [-0.25, -0.2) is 12.4 Å². The number of nitrogens with zero attached hydrogens (tertiary/aromatic N) is 2. The molecule has 0 saturated heterocycles. The first-order valence-corrected chi connectivity index (χ1v) is 11.2. The van der Waals surface area contributed by atoms with Crippen molar-refractivity contribution in [2.24, 2.45) is 0 Å². The molecule has 0 spiro atoms. The van der Waals surface area contributed by atoms with Crippen LogP contribution in [0, 0.1) is 0 Å². The molecule has 0 atom stereocenters. The van der Waals surface area contributed by atoms with Crippen LogP contribution >= 0.6 is 0 Å². The molecule has 1 aliphatic heterocycles. The van der Waals surface area contributed by atoms with Gasteiger partial charge in [-0.05, 0) is 54.9 Å². The minimum absolute atomic E-state index is 0.215. The van der Waals surface area contributed by atoms with E-state index in [2.05, 4.69) is 16.4 Å². The van der Waals surface area contributed by atoms with E-state index in [1.165, 1.54) is 3.97 Å². The van der Waals surface area contributed by atoms with Crippen molar-refractivity contribution in [3.63, 3.8) is 0 Å². The Morgan fingerprint density at radius 3 is 2.83 bits per heavy atom. The van der Waals surface area contributed by atoms with Crippen molar-refractivity contribution < 1.29 is 13.2 Å². The standard InChI is InChI=1S/C23H21N3O3S/c1-29-18-5-7-23-20(13-18)21(16-8-11-24-12-9-16)15-26(23)30(27,28)19-6-4-17-3-2-10-25-22(17)14-19/h2-8,10,13-15,24H,9,11-12H2,1H3. The van der Waals surface area contributed by atoms with Gasteiger partial charge in [-0.2, -0.15) is 0 Å². The fourth-order valence-corrected chi connectivity index (χ4v) is 5.34. The van der Waals surface area contributed by atoms with E-state index in [4.69, 9.17) is 4.74 Å². The second kappa shape index (κ2) is 7.27. The van der Waals surface area contributed by atoms with Crippen LogP contribution in [0.4, 0.5) is 0 Å². The summed E-state index contributed by atoms with van der Waals surface area (Å²) in [6.45, 7) is 1.64. The van der Waals surface area contributed by atoms with Gasteiger partial charge in [-0.15, -0.1) is 0 Å². The SMILES string of the molecule is COc1ccc2c(c1)c(C1=CCNCC1)cn2S(=O)(=O)c1ccc2cccnc2c1. The van der Waals surface area contributed by atoms with Crippen molar-refractivity contribution in [2.75, 3.05) is 20.2 Å². The number of rotatable bonds is 4. The van der Waals surface area contributed by atoms with Crippen LogP contribution in [0.5, 0.6) is 5.75 Å². The number of nitrogens with one attached hydrogen (secondary N) is 1. The quantitative estimate of drug-likeness (QED) is 0.545. The molecular weight excluding hydrogens is 398 g/mol. The maximum absolute atomic E-state index is 13.6. The molecule has 7 heteroatoms. The van der Waals surface area contributed by atoms with Crippen LogP contribution in [0.1, 0.15) is 12.0 Å². The zero-order chi connectivity index (χ0) is 20.7. The van der Waals surface area contributed by atoms with Crippen LogP contribution in [-0.4, -0.2) is 37.6 Å². The van der Waals surface area contributed by atoms with Gasteiger partial charge >= 0.3 is 0 Å². The highest BCUT2D eigenvalue weighted by Gasteiger charge is 2.23. The zero-order valence-corrected chi connectivity index (χ0v) is 17.3. The third-order valence-corrected chi connectivity index (χ3v) is 7.19. The number of methoxy groups -OCH3 is 1. The molecule has 0 bridgehead atoms. The number of hydrogen-bond acceptors (Lipinski definition) is 5. The van der Waals surface area contributed by atoms with Crippen molar-refractivity contribution in [1.82, 2.24) is 14.3 Å². The molecule has 5 rings (SSSR count). The minimum Gasteiger partial charge on any atom is -0.497 e. The lowest BCUT2D eigenvalue weighted by Crippen LogP contribution is -2.20. The van der Waals surface area contributed by atoms with Crippen LogP contribution in [0.15, 0.2) is 71.9 Å². The van der Waals surface area contributed by atoms with Crippen molar-refractivity contribution in [2.45, 2.75) is 11.3 Å². The topological polar surface area (TPSA) is 73.2 Å². The fourth-order valence-electron chi connectivity index (χ4n) is 3.95. The monoisotopic (exact) mass is 419 g/mol. The van der Waals surface area contributed by atoms with E-state index >= 15 is 0 Å². The minimum atomic E-state index is -3.80. The Kier molecular flexibility index (Phi) is 4.56. The van der Waals surface area contributed by atoms with Gasteiger partial charge in [0.05, 0.1) is 23.0 Å². The summed E-state index contributed by atoms with van der Waals surface area (Å²) in [5.74, 6) is 0.698. The number of pyridine rings is 1. The maximum Gasteiger partial charge on any atom is 0.268 e. The van der Waals surface area contributed by atoms with Gasteiger partial charge in [-0.1, -0.05) is 18.2 Å². The van der Waals surface area contributed by atoms with Crippen LogP contribution in [0.3, 0.4) is 0 Å². The second-order valence-electron chi connectivity index (χ2n) is 7.27. The van der Waals surface area contributed by atoms with Gasteiger partial charge in [0.25, 0.3) is 10.0 Å². The molecule has 3 heterocycles. The Labute approximate surface area is 174 Å². The molecular formula is C23H21N3O3S. The Bertz CT molecular complexity index is 1400. The molecule has 1 aliphatic rings. The molecule has 0 fully saturated rings. The first kappa shape index (κ1) is 18.8. The Morgan fingerprint density at radius 2 is 2.03 bits per heavy atom. The summed E-state index contributed by atoms with van der Waals surface area (Å²) in [6.07, 6.45) is 6.36. The summed E-state index contributed by atoms with van der Waals surface area (Å²) in [4.78, 5) is 4.52. The summed E-state index contributed by atoms with van der Waals surface area (Å²) < 4.78 is 34.0. The molecule has 1 N–H and O–H groups in total. The molecule has 0 saturated carbocycles. The summed E-state index contributed by atoms with van der Waals surface area (Å²) in [6, 6.07) is 14.3. The smallest absolute Gasteiger partial charge is 0.268 e. The van der Waals surface area contributed by atoms with Gasteiger partial charge in [-0.3, -0.25) is 4.98 Å². The van der Waals surface area contributed by atoms with E-state index in [-0.39, 0.29) is 4.90 Å². The van der Waals surface area contributed by atoms with Gasteiger partial charge in [0.15, 0.2) is 0 Å². The first-order chi connectivity index (χ1) is 14.6. The molecule has 0 amide bonds. The summed E-state index contributed by atoms with van der Waals surface area (Å²) in [5, 5.41) is 5.07. The van der Waals surface area contributed by atoms with Crippen molar-refractivity contribution >= 4 is 37.4 Å². The van der Waals surface area contributed by atoms with Gasteiger partial charge in [0.1, 0.15) is 5.75 Å². The summed E-state index contributed by atoms with van der Waals surface area (Å²) in [5.41, 5.74) is 3.35. The summed E-state index contributed by atoms with van der Waals surface area (Å²) in [7, 11) is -2.19. The van der Waals surface area contributed by atoms with Crippen LogP contribution < -0.4 is 10.1 Å². The molecule has 0 radical (unpaired) electrons. The van der Waals surface area contributed by atoms with Gasteiger partial charge < -0.3 is 10.1 Å². The lowest BCUT2D eigenvalue weighted by atomic mass is 10.00. The third-order valence-electron chi connectivity index (χ3n) is 5.52. The summed E-state index contributed by atoms with van der Waals surface area (Å²) >= 11 is 0. The molecule has 6 nitrogen and oxygen atoms in total. The van der Waals surface area contributed by atoms with E-state index in [1.54, 1.807) is 49.8 Å². The average Bonchev–Trinajstić information content (AvgIpc) is 3.19.